The van der Waals surface area contributed by atoms with Gasteiger partial charge in [-0.05, 0) is 86.1 Å². The third-order valence-electron chi connectivity index (χ3n) is 6.59. The molecule has 4 saturated carbocycles. The molecule has 0 spiro atoms. The summed E-state index contributed by atoms with van der Waals surface area (Å²) in [4.78, 5) is 0. The highest BCUT2D eigenvalue weighted by atomic mass is 16.5. The molecule has 1 N–H and O–H groups in total. The zero-order valence-electron chi connectivity index (χ0n) is 14.7. The minimum absolute atomic E-state index is 0.434. The summed E-state index contributed by atoms with van der Waals surface area (Å²) in [7, 11) is 0. The third kappa shape index (κ3) is 3.22. The molecule has 4 bridgehead atoms. The van der Waals surface area contributed by atoms with Gasteiger partial charge in [0, 0.05) is 12.1 Å². The molecular weight excluding hydrogens is 310 g/mol. The van der Waals surface area contributed by atoms with Gasteiger partial charge in [0.05, 0.1) is 6.26 Å². The Balaban J connectivity index is 1.18. The maximum Gasteiger partial charge on any atom is 0.146 e. The molecule has 0 radical (unpaired) electrons. The molecule has 0 amide bonds. The van der Waals surface area contributed by atoms with Crippen LogP contribution >= 0.6 is 0 Å². The predicted octanol–water partition coefficient (Wildman–Crippen LogP) is 4.92. The summed E-state index contributed by atoms with van der Waals surface area (Å²) in [5, 5.41) is 3.96. The van der Waals surface area contributed by atoms with Gasteiger partial charge in [-0.2, -0.15) is 0 Å². The predicted molar refractivity (Wildman–Crippen MR) is 97.2 cm³/mol. The number of benzene rings is 1. The van der Waals surface area contributed by atoms with Gasteiger partial charge in [-0.15, -0.1) is 0 Å². The topological polar surface area (TPSA) is 34.4 Å². The number of hydrogen-bond donors (Lipinski definition) is 1. The summed E-state index contributed by atoms with van der Waals surface area (Å²) in [6.07, 6.45) is 10.4. The highest BCUT2D eigenvalue weighted by Crippen LogP contribution is 2.55. The van der Waals surface area contributed by atoms with Crippen LogP contribution in [-0.2, 0) is 13.2 Å². The average molecular weight is 337 g/mol. The van der Waals surface area contributed by atoms with Crippen molar-refractivity contribution in [3.8, 4) is 5.75 Å². The SMILES string of the molecule is c1coc(COc2ccc(CNC34CC5CC(CC(C5)C3)C4)cc2)c1. The van der Waals surface area contributed by atoms with Crippen molar-refractivity contribution in [3.05, 3.63) is 54.0 Å². The summed E-state index contributed by atoms with van der Waals surface area (Å²) < 4.78 is 11.1. The second-order valence-electron chi connectivity index (χ2n) is 8.56. The Hall–Kier alpha value is -1.74. The number of nitrogens with one attached hydrogen (secondary N) is 1. The van der Waals surface area contributed by atoms with Crippen LogP contribution < -0.4 is 10.1 Å². The molecule has 3 heteroatoms. The van der Waals surface area contributed by atoms with Crippen LogP contribution in [0.15, 0.2) is 47.1 Å². The monoisotopic (exact) mass is 337 g/mol. The van der Waals surface area contributed by atoms with Crippen LogP contribution in [-0.4, -0.2) is 5.54 Å². The molecule has 1 heterocycles. The minimum atomic E-state index is 0.434. The molecule has 6 rings (SSSR count). The Labute approximate surface area is 149 Å². The molecule has 4 fully saturated rings. The van der Waals surface area contributed by atoms with Crippen molar-refractivity contribution >= 4 is 0 Å². The van der Waals surface area contributed by atoms with Gasteiger partial charge in [0.2, 0.25) is 0 Å². The van der Waals surface area contributed by atoms with E-state index in [-0.39, 0.29) is 0 Å². The first-order chi connectivity index (χ1) is 12.3. The summed E-state index contributed by atoms with van der Waals surface area (Å²) in [5.74, 6) is 4.74. The lowest BCUT2D eigenvalue weighted by atomic mass is 9.53. The van der Waals surface area contributed by atoms with Crippen LogP contribution in [0.3, 0.4) is 0 Å². The fraction of sp³-hybridized carbons (Fsp3) is 0.545. The molecule has 1 aromatic carbocycles. The second-order valence-corrected chi connectivity index (χ2v) is 8.56. The van der Waals surface area contributed by atoms with Crippen LogP contribution in [0.25, 0.3) is 0 Å². The zero-order valence-corrected chi connectivity index (χ0v) is 14.7. The average Bonchev–Trinajstić information content (AvgIpc) is 3.12. The zero-order chi connectivity index (χ0) is 16.7. The maximum atomic E-state index is 5.77. The third-order valence-corrected chi connectivity index (χ3v) is 6.59. The fourth-order valence-electron chi connectivity index (χ4n) is 5.87. The highest BCUT2D eigenvalue weighted by Gasteiger charge is 2.50. The van der Waals surface area contributed by atoms with E-state index >= 15 is 0 Å². The van der Waals surface area contributed by atoms with Gasteiger partial charge < -0.3 is 14.5 Å². The van der Waals surface area contributed by atoms with Gasteiger partial charge in [-0.1, -0.05) is 12.1 Å². The van der Waals surface area contributed by atoms with Crippen LogP contribution in [0.5, 0.6) is 5.75 Å². The largest absolute Gasteiger partial charge is 0.486 e. The van der Waals surface area contributed by atoms with Gasteiger partial charge in [0.1, 0.15) is 18.1 Å². The molecular formula is C22H27NO2. The molecule has 0 aliphatic heterocycles. The molecule has 0 saturated heterocycles. The molecule has 0 atom stereocenters. The Morgan fingerprint density at radius 1 is 0.960 bits per heavy atom. The van der Waals surface area contributed by atoms with E-state index < -0.39 is 0 Å². The van der Waals surface area contributed by atoms with Crippen LogP contribution in [0.4, 0.5) is 0 Å². The first-order valence-electron chi connectivity index (χ1n) is 9.75. The van der Waals surface area contributed by atoms with E-state index in [1.807, 2.05) is 12.1 Å². The summed E-state index contributed by atoms with van der Waals surface area (Å²) >= 11 is 0. The summed E-state index contributed by atoms with van der Waals surface area (Å²) in [6.45, 7) is 1.46. The Morgan fingerprint density at radius 2 is 1.64 bits per heavy atom. The van der Waals surface area contributed by atoms with E-state index in [1.54, 1.807) is 6.26 Å². The van der Waals surface area contributed by atoms with E-state index in [4.69, 9.17) is 9.15 Å². The first-order valence-corrected chi connectivity index (χ1v) is 9.75. The maximum absolute atomic E-state index is 5.77. The van der Waals surface area contributed by atoms with Crippen molar-refractivity contribution in [1.82, 2.24) is 5.32 Å². The molecule has 4 aliphatic rings. The Bertz CT molecular complexity index is 669. The van der Waals surface area contributed by atoms with Gasteiger partial charge in [0.25, 0.3) is 0 Å². The van der Waals surface area contributed by atoms with E-state index in [0.717, 1.165) is 35.8 Å². The number of furan rings is 1. The summed E-state index contributed by atoms with van der Waals surface area (Å²) in [6, 6.07) is 12.3. The van der Waals surface area contributed by atoms with Crippen LogP contribution in [0, 0.1) is 17.8 Å². The lowest BCUT2D eigenvalue weighted by molar-refractivity contribution is -0.0206. The molecule has 1 aromatic heterocycles. The minimum Gasteiger partial charge on any atom is -0.486 e. The lowest BCUT2D eigenvalue weighted by Gasteiger charge is -2.57. The van der Waals surface area contributed by atoms with Crippen molar-refractivity contribution in [2.24, 2.45) is 17.8 Å². The van der Waals surface area contributed by atoms with Crippen molar-refractivity contribution in [2.75, 3.05) is 0 Å². The van der Waals surface area contributed by atoms with Crippen LogP contribution in [0.2, 0.25) is 0 Å². The van der Waals surface area contributed by atoms with E-state index in [1.165, 1.54) is 44.1 Å². The van der Waals surface area contributed by atoms with Crippen molar-refractivity contribution in [2.45, 2.75) is 57.2 Å². The molecule has 3 nitrogen and oxygen atoms in total. The Kier molecular flexibility index (Phi) is 3.85. The van der Waals surface area contributed by atoms with Crippen molar-refractivity contribution in [1.29, 1.82) is 0 Å². The van der Waals surface area contributed by atoms with Gasteiger partial charge in [0.15, 0.2) is 0 Å². The standard InChI is InChI=1S/C22H27NO2/c1-2-21(24-7-1)15-25-20-5-3-16(4-6-20)14-23-22-11-17-8-18(12-22)10-19(9-17)13-22/h1-7,17-19,23H,8-15H2. The molecule has 4 aliphatic carbocycles. The highest BCUT2D eigenvalue weighted by molar-refractivity contribution is 5.27. The second kappa shape index (κ2) is 6.21. The van der Waals surface area contributed by atoms with E-state index in [2.05, 4.69) is 29.6 Å². The molecule has 0 unspecified atom stereocenters. The Morgan fingerprint density at radius 3 is 2.24 bits per heavy atom. The fourth-order valence-corrected chi connectivity index (χ4v) is 5.87. The summed E-state index contributed by atoms with van der Waals surface area (Å²) in [5.41, 5.74) is 1.78. The number of rotatable bonds is 6. The lowest BCUT2D eigenvalue weighted by Crippen LogP contribution is -2.58. The van der Waals surface area contributed by atoms with Crippen molar-refractivity contribution < 1.29 is 9.15 Å². The van der Waals surface area contributed by atoms with Gasteiger partial charge >= 0.3 is 0 Å². The quantitative estimate of drug-likeness (QED) is 0.812. The molecule has 25 heavy (non-hydrogen) atoms. The van der Waals surface area contributed by atoms with Crippen molar-refractivity contribution in [3.63, 3.8) is 0 Å². The van der Waals surface area contributed by atoms with E-state index in [9.17, 15) is 0 Å². The number of ether oxygens (including phenoxy) is 1. The van der Waals surface area contributed by atoms with Gasteiger partial charge in [-0.25, -0.2) is 0 Å². The van der Waals surface area contributed by atoms with Gasteiger partial charge in [-0.3, -0.25) is 0 Å². The number of hydrogen-bond acceptors (Lipinski definition) is 3. The van der Waals surface area contributed by atoms with E-state index in [0.29, 0.717) is 12.1 Å². The van der Waals surface area contributed by atoms with Crippen LogP contribution in [0.1, 0.15) is 49.8 Å². The molecule has 132 valence electrons. The smallest absolute Gasteiger partial charge is 0.146 e. The first kappa shape index (κ1) is 15.5. The normalized spacial score (nSPS) is 32.9. The molecule has 2 aromatic rings.